The van der Waals surface area contributed by atoms with Gasteiger partial charge in [0, 0.05) is 0 Å². The van der Waals surface area contributed by atoms with E-state index in [0.29, 0.717) is 18.4 Å². The first kappa shape index (κ1) is 15.8. The van der Waals surface area contributed by atoms with E-state index in [2.05, 4.69) is 11.4 Å². The molecular formula is C16H18N2O4. The summed E-state index contributed by atoms with van der Waals surface area (Å²) in [5.41, 5.74) is -0.00993. The number of phenolic OH excluding ortho intramolecular Hbond substituents is 1. The average molecular weight is 302 g/mol. The third kappa shape index (κ3) is 3.55. The molecule has 0 unspecified atom stereocenters. The van der Waals surface area contributed by atoms with Crippen LogP contribution in [0.2, 0.25) is 0 Å². The van der Waals surface area contributed by atoms with Crippen molar-refractivity contribution in [3.63, 3.8) is 0 Å². The normalized spacial score (nSPS) is 15.8. The Morgan fingerprint density at radius 2 is 2.09 bits per heavy atom. The van der Waals surface area contributed by atoms with Crippen molar-refractivity contribution in [3.05, 3.63) is 29.3 Å². The van der Waals surface area contributed by atoms with Crippen LogP contribution in [0.5, 0.6) is 5.75 Å². The summed E-state index contributed by atoms with van der Waals surface area (Å²) in [7, 11) is 0. The van der Waals surface area contributed by atoms with Crippen LogP contribution in [-0.2, 0) is 9.53 Å². The van der Waals surface area contributed by atoms with Crippen LogP contribution in [0.1, 0.15) is 41.6 Å². The molecule has 116 valence electrons. The summed E-state index contributed by atoms with van der Waals surface area (Å²) in [5.74, 6) is -1.19. The molecule has 1 aromatic carbocycles. The van der Waals surface area contributed by atoms with Gasteiger partial charge >= 0.3 is 5.97 Å². The number of carbonyl (C=O) groups is 2. The number of ether oxygens (including phenoxy) is 1. The van der Waals surface area contributed by atoms with Gasteiger partial charge in [-0.1, -0.05) is 6.07 Å². The molecule has 2 N–H and O–H groups in total. The van der Waals surface area contributed by atoms with Gasteiger partial charge in [-0.15, -0.1) is 0 Å². The Balaban J connectivity index is 1.89. The highest BCUT2D eigenvalue weighted by Crippen LogP contribution is 2.28. The van der Waals surface area contributed by atoms with Gasteiger partial charge in [0.25, 0.3) is 5.91 Å². The Morgan fingerprint density at radius 3 is 2.68 bits per heavy atom. The number of aromatic hydroxyl groups is 1. The first-order chi connectivity index (χ1) is 10.5. The molecule has 2 rings (SSSR count). The van der Waals surface area contributed by atoms with Crippen molar-refractivity contribution in [1.29, 1.82) is 5.26 Å². The molecule has 1 fully saturated rings. The van der Waals surface area contributed by atoms with Gasteiger partial charge in [0.1, 0.15) is 11.3 Å². The second-order valence-electron chi connectivity index (χ2n) is 5.53. The van der Waals surface area contributed by atoms with Crippen LogP contribution < -0.4 is 5.32 Å². The van der Waals surface area contributed by atoms with E-state index >= 15 is 0 Å². The smallest absolute Gasteiger partial charge is 0.338 e. The Kier molecular flexibility index (Phi) is 4.66. The first-order valence-electron chi connectivity index (χ1n) is 7.15. The van der Waals surface area contributed by atoms with Crippen LogP contribution in [0.3, 0.4) is 0 Å². The predicted octanol–water partition coefficient (Wildman–Crippen LogP) is 1.81. The fourth-order valence-electron chi connectivity index (χ4n) is 2.50. The van der Waals surface area contributed by atoms with Gasteiger partial charge < -0.3 is 15.2 Å². The lowest BCUT2D eigenvalue weighted by molar-refractivity contribution is -0.125. The Morgan fingerprint density at radius 1 is 1.41 bits per heavy atom. The van der Waals surface area contributed by atoms with Crippen LogP contribution in [0, 0.1) is 18.3 Å². The molecule has 0 bridgehead atoms. The molecule has 1 amide bonds. The molecule has 0 spiro atoms. The summed E-state index contributed by atoms with van der Waals surface area (Å²) < 4.78 is 4.91. The zero-order valence-corrected chi connectivity index (χ0v) is 12.4. The van der Waals surface area contributed by atoms with Crippen molar-refractivity contribution in [2.75, 3.05) is 6.61 Å². The highest BCUT2D eigenvalue weighted by atomic mass is 16.5. The largest absolute Gasteiger partial charge is 0.508 e. The summed E-state index contributed by atoms with van der Waals surface area (Å²) in [6.45, 7) is 1.26. The van der Waals surface area contributed by atoms with Gasteiger partial charge in [0.15, 0.2) is 6.61 Å². The molecule has 1 aliphatic rings. The number of amides is 1. The number of carbonyl (C=O) groups excluding carboxylic acids is 2. The Labute approximate surface area is 128 Å². The van der Waals surface area contributed by atoms with Crippen molar-refractivity contribution in [3.8, 4) is 11.8 Å². The van der Waals surface area contributed by atoms with E-state index in [9.17, 15) is 20.0 Å². The maximum absolute atomic E-state index is 11.8. The summed E-state index contributed by atoms with van der Waals surface area (Å²) in [5, 5.41) is 21.4. The molecule has 22 heavy (non-hydrogen) atoms. The second-order valence-corrected chi connectivity index (χ2v) is 5.53. The summed E-state index contributed by atoms with van der Waals surface area (Å²) in [6, 6.07) is 6.54. The van der Waals surface area contributed by atoms with Crippen molar-refractivity contribution in [2.45, 2.75) is 38.1 Å². The average Bonchev–Trinajstić information content (AvgIpc) is 2.96. The van der Waals surface area contributed by atoms with E-state index in [1.165, 1.54) is 12.1 Å². The zero-order chi connectivity index (χ0) is 16.2. The van der Waals surface area contributed by atoms with Gasteiger partial charge in [-0.3, -0.25) is 4.79 Å². The zero-order valence-electron chi connectivity index (χ0n) is 12.4. The van der Waals surface area contributed by atoms with Crippen LogP contribution in [-0.4, -0.2) is 29.1 Å². The Hall–Kier alpha value is -2.55. The summed E-state index contributed by atoms with van der Waals surface area (Å²) in [4.78, 5) is 23.7. The van der Waals surface area contributed by atoms with Crippen molar-refractivity contribution >= 4 is 11.9 Å². The van der Waals surface area contributed by atoms with Crippen LogP contribution in [0.25, 0.3) is 0 Å². The molecule has 1 aromatic rings. The minimum Gasteiger partial charge on any atom is -0.508 e. The SMILES string of the molecule is Cc1ccc(C(=O)OCC(=O)NC2(C#N)CCCC2)cc1O. The van der Waals surface area contributed by atoms with Crippen LogP contribution >= 0.6 is 0 Å². The lowest BCUT2D eigenvalue weighted by Crippen LogP contribution is -2.46. The molecule has 0 radical (unpaired) electrons. The Bertz CT molecular complexity index is 628. The number of rotatable bonds is 4. The molecule has 6 nitrogen and oxygen atoms in total. The molecule has 1 saturated carbocycles. The third-order valence-corrected chi connectivity index (χ3v) is 3.83. The standard InChI is InChI=1S/C16H18N2O4/c1-11-4-5-12(8-13(11)19)15(21)22-9-14(20)18-16(10-17)6-2-3-7-16/h4-5,8,19H,2-3,6-7,9H2,1H3,(H,18,20). The number of hydrogen-bond acceptors (Lipinski definition) is 5. The maximum atomic E-state index is 11.8. The number of phenols is 1. The minimum absolute atomic E-state index is 0.00621. The number of nitriles is 1. The van der Waals surface area contributed by atoms with Crippen LogP contribution in [0.4, 0.5) is 0 Å². The molecule has 0 saturated heterocycles. The molecular weight excluding hydrogens is 284 g/mol. The van der Waals surface area contributed by atoms with Gasteiger partial charge in [0.05, 0.1) is 11.6 Å². The molecule has 0 aliphatic heterocycles. The fourth-order valence-corrected chi connectivity index (χ4v) is 2.50. The number of benzene rings is 1. The number of aryl methyl sites for hydroxylation is 1. The first-order valence-corrected chi connectivity index (χ1v) is 7.15. The third-order valence-electron chi connectivity index (χ3n) is 3.83. The monoisotopic (exact) mass is 302 g/mol. The van der Waals surface area contributed by atoms with E-state index in [1.54, 1.807) is 13.0 Å². The van der Waals surface area contributed by atoms with Crippen LogP contribution in [0.15, 0.2) is 18.2 Å². The predicted molar refractivity (Wildman–Crippen MR) is 78.1 cm³/mol. The van der Waals surface area contributed by atoms with E-state index < -0.39 is 24.0 Å². The topological polar surface area (TPSA) is 99.4 Å². The van der Waals surface area contributed by atoms with Crippen molar-refractivity contribution in [2.24, 2.45) is 0 Å². The fraction of sp³-hybridized carbons (Fsp3) is 0.438. The minimum atomic E-state index is -0.828. The highest BCUT2D eigenvalue weighted by Gasteiger charge is 2.35. The molecule has 6 heteroatoms. The van der Waals surface area contributed by atoms with Gasteiger partial charge in [-0.2, -0.15) is 5.26 Å². The second kappa shape index (κ2) is 6.48. The number of hydrogen-bond donors (Lipinski definition) is 2. The van der Waals surface area contributed by atoms with Gasteiger partial charge in [-0.05, 0) is 50.3 Å². The number of nitrogens with zero attached hydrogens (tertiary/aromatic N) is 1. The number of esters is 1. The van der Waals surface area contributed by atoms with Gasteiger partial charge in [-0.25, -0.2) is 4.79 Å². The van der Waals surface area contributed by atoms with E-state index in [0.717, 1.165) is 12.8 Å². The maximum Gasteiger partial charge on any atom is 0.338 e. The summed E-state index contributed by atoms with van der Waals surface area (Å²) in [6.07, 6.45) is 3.04. The van der Waals surface area contributed by atoms with E-state index in [1.807, 2.05) is 0 Å². The van der Waals surface area contributed by atoms with E-state index in [4.69, 9.17) is 4.74 Å². The van der Waals surface area contributed by atoms with Crippen molar-refractivity contribution in [1.82, 2.24) is 5.32 Å². The number of nitrogens with one attached hydrogen (secondary N) is 1. The summed E-state index contributed by atoms with van der Waals surface area (Å²) >= 11 is 0. The lowest BCUT2D eigenvalue weighted by atomic mass is 10.00. The molecule has 1 aliphatic carbocycles. The molecule has 0 aromatic heterocycles. The van der Waals surface area contributed by atoms with Gasteiger partial charge in [0.2, 0.25) is 0 Å². The lowest BCUT2D eigenvalue weighted by Gasteiger charge is -2.21. The quantitative estimate of drug-likeness (QED) is 0.826. The molecule has 0 atom stereocenters. The van der Waals surface area contributed by atoms with E-state index in [-0.39, 0.29) is 11.3 Å². The molecule has 0 heterocycles. The highest BCUT2D eigenvalue weighted by molar-refractivity contribution is 5.92. The van der Waals surface area contributed by atoms with Crippen molar-refractivity contribution < 1.29 is 19.4 Å².